The molecule has 0 aliphatic heterocycles. The van der Waals surface area contributed by atoms with Crippen LogP contribution < -0.4 is 0 Å². The first kappa shape index (κ1) is 37.2. The maximum absolute atomic E-state index is 5.46. The SMILES string of the molecule is CC1(C)c2ccccc2-c2ccc(-c3nc(-c4ccccc4)nc(-n4c5ccccc5c5ccc6c7ccccc7n(-c7ccc(-c8ccc(-c9ccccc9)cc8)cc7)c6c54)n3)cc21. The molecule has 0 saturated carbocycles. The van der Waals surface area contributed by atoms with Crippen LogP contribution in [0, 0.1) is 0 Å². The van der Waals surface area contributed by atoms with Gasteiger partial charge < -0.3 is 4.57 Å². The molecule has 0 amide bonds. The average Bonchev–Trinajstić information content (AvgIpc) is 3.97. The van der Waals surface area contributed by atoms with Gasteiger partial charge >= 0.3 is 0 Å². The molecule has 12 aromatic rings. The Morgan fingerprint density at radius 2 is 0.800 bits per heavy atom. The van der Waals surface area contributed by atoms with Gasteiger partial charge in [-0.25, -0.2) is 4.98 Å². The third kappa shape index (κ3) is 5.75. The van der Waals surface area contributed by atoms with Gasteiger partial charge in [0.15, 0.2) is 11.6 Å². The second-order valence-corrected chi connectivity index (χ2v) is 17.6. The first-order valence-corrected chi connectivity index (χ1v) is 22.3. The molecule has 0 bridgehead atoms. The number of nitrogens with zero attached hydrogens (tertiary/aromatic N) is 5. The zero-order chi connectivity index (χ0) is 43.2. The van der Waals surface area contributed by atoms with Crippen molar-refractivity contribution in [1.82, 2.24) is 24.1 Å². The molecule has 0 atom stereocenters. The van der Waals surface area contributed by atoms with Gasteiger partial charge in [-0.05, 0) is 74.8 Å². The highest BCUT2D eigenvalue weighted by molar-refractivity contribution is 6.23. The molecule has 13 rings (SSSR count). The predicted octanol–water partition coefficient (Wildman–Crippen LogP) is 15.0. The zero-order valence-corrected chi connectivity index (χ0v) is 35.9. The number of fused-ring (bicyclic) bond motifs is 10. The summed E-state index contributed by atoms with van der Waals surface area (Å²) >= 11 is 0. The highest BCUT2D eigenvalue weighted by Crippen LogP contribution is 2.49. The molecule has 0 unspecified atom stereocenters. The van der Waals surface area contributed by atoms with Crippen molar-refractivity contribution in [3.8, 4) is 67.8 Å². The molecule has 9 aromatic carbocycles. The monoisotopic (exact) mass is 831 g/mol. The summed E-state index contributed by atoms with van der Waals surface area (Å²) in [7, 11) is 0. The molecule has 0 spiro atoms. The van der Waals surface area contributed by atoms with Crippen molar-refractivity contribution in [3.05, 3.63) is 223 Å². The minimum atomic E-state index is -0.170. The van der Waals surface area contributed by atoms with Gasteiger partial charge in [-0.2, -0.15) is 9.97 Å². The molecule has 0 fully saturated rings. The van der Waals surface area contributed by atoms with Crippen molar-refractivity contribution in [2.45, 2.75) is 19.3 Å². The van der Waals surface area contributed by atoms with Crippen molar-refractivity contribution in [2.75, 3.05) is 0 Å². The predicted molar refractivity (Wildman–Crippen MR) is 268 cm³/mol. The van der Waals surface area contributed by atoms with Gasteiger partial charge in [0.1, 0.15) is 0 Å². The lowest BCUT2D eigenvalue weighted by molar-refractivity contribution is 0.660. The van der Waals surface area contributed by atoms with E-state index in [1.165, 1.54) is 49.9 Å². The summed E-state index contributed by atoms with van der Waals surface area (Å²) in [6.07, 6.45) is 0. The van der Waals surface area contributed by atoms with Crippen LogP contribution in [0.5, 0.6) is 0 Å². The molecule has 65 heavy (non-hydrogen) atoms. The molecule has 0 N–H and O–H groups in total. The number of para-hydroxylation sites is 2. The van der Waals surface area contributed by atoms with Crippen LogP contribution >= 0.6 is 0 Å². The maximum Gasteiger partial charge on any atom is 0.238 e. The molecule has 0 radical (unpaired) electrons. The van der Waals surface area contributed by atoms with Gasteiger partial charge in [0, 0.05) is 43.8 Å². The topological polar surface area (TPSA) is 48.5 Å². The molecule has 5 nitrogen and oxygen atoms in total. The van der Waals surface area contributed by atoms with Gasteiger partial charge in [-0.3, -0.25) is 4.57 Å². The lowest BCUT2D eigenvalue weighted by atomic mass is 9.82. The van der Waals surface area contributed by atoms with Gasteiger partial charge in [-0.1, -0.05) is 196 Å². The van der Waals surface area contributed by atoms with E-state index < -0.39 is 0 Å². The number of aromatic nitrogens is 5. The Morgan fingerprint density at radius 3 is 1.45 bits per heavy atom. The highest BCUT2D eigenvalue weighted by atomic mass is 15.2. The lowest BCUT2D eigenvalue weighted by Gasteiger charge is -2.21. The van der Waals surface area contributed by atoms with Gasteiger partial charge in [-0.15, -0.1) is 0 Å². The summed E-state index contributed by atoms with van der Waals surface area (Å²) in [4.78, 5) is 16.1. The molecule has 1 aliphatic carbocycles. The maximum atomic E-state index is 5.46. The largest absolute Gasteiger partial charge is 0.307 e. The Bertz CT molecular complexity index is 3820. The molecule has 1 aliphatic rings. The van der Waals surface area contributed by atoms with E-state index in [1.807, 2.05) is 18.2 Å². The van der Waals surface area contributed by atoms with E-state index in [0.717, 1.165) is 55.0 Å². The van der Waals surface area contributed by atoms with E-state index >= 15 is 0 Å². The van der Waals surface area contributed by atoms with Gasteiger partial charge in [0.25, 0.3) is 0 Å². The normalized spacial score (nSPS) is 12.9. The molecular weight excluding hydrogens is 791 g/mol. The van der Waals surface area contributed by atoms with E-state index in [1.54, 1.807) is 0 Å². The van der Waals surface area contributed by atoms with Gasteiger partial charge in [0.05, 0.1) is 22.1 Å². The second-order valence-electron chi connectivity index (χ2n) is 17.6. The minimum Gasteiger partial charge on any atom is -0.307 e. The average molecular weight is 832 g/mol. The minimum absolute atomic E-state index is 0.170. The summed E-state index contributed by atoms with van der Waals surface area (Å²) in [6.45, 7) is 4.63. The van der Waals surface area contributed by atoms with Crippen LogP contribution in [0.2, 0.25) is 0 Å². The number of benzene rings is 9. The molecule has 306 valence electrons. The fourth-order valence-corrected chi connectivity index (χ4v) is 10.4. The summed E-state index contributed by atoms with van der Waals surface area (Å²) in [5.74, 6) is 1.83. The second kappa shape index (κ2) is 14.3. The van der Waals surface area contributed by atoms with Crippen LogP contribution in [0.25, 0.3) is 111 Å². The molecular formula is C60H41N5. The summed E-state index contributed by atoms with van der Waals surface area (Å²) in [5, 5.41) is 4.61. The molecule has 3 aromatic heterocycles. The number of hydrogen-bond donors (Lipinski definition) is 0. The van der Waals surface area contributed by atoms with E-state index in [2.05, 4.69) is 217 Å². The Hall–Kier alpha value is -8.41. The zero-order valence-electron chi connectivity index (χ0n) is 35.9. The van der Waals surface area contributed by atoms with E-state index in [9.17, 15) is 0 Å². The standard InChI is InChI=1S/C60H41N5/c1-60(2)51-22-12-9-19-45(51)46-34-31-43(37-52(46)60)58-61-57(42-17-7-4-8-18-42)62-59(63-58)65-54-24-14-11-21-48(54)50-36-35-49-47-20-10-13-23-53(47)64(55(49)56(50)65)44-32-29-41(30-33-44)40-27-25-39(26-28-40)38-15-5-3-6-16-38/h3-37H,1-2H3. The Kier molecular flexibility index (Phi) is 8.18. The van der Waals surface area contributed by atoms with Crippen molar-refractivity contribution in [3.63, 3.8) is 0 Å². The Balaban J connectivity index is 1.04. The first-order chi connectivity index (χ1) is 32.0. The quantitative estimate of drug-likeness (QED) is 0.168. The van der Waals surface area contributed by atoms with Crippen molar-refractivity contribution >= 4 is 43.6 Å². The van der Waals surface area contributed by atoms with Crippen LogP contribution in [0.4, 0.5) is 0 Å². The number of hydrogen-bond acceptors (Lipinski definition) is 3. The molecule has 5 heteroatoms. The highest BCUT2D eigenvalue weighted by Gasteiger charge is 2.35. The Morgan fingerprint density at radius 1 is 0.338 bits per heavy atom. The fraction of sp³-hybridized carbons (Fsp3) is 0.0500. The third-order valence-electron chi connectivity index (χ3n) is 13.6. The molecule has 0 saturated heterocycles. The summed E-state index contributed by atoms with van der Waals surface area (Å²) in [5.41, 5.74) is 17.0. The van der Waals surface area contributed by atoms with Crippen LogP contribution in [0.3, 0.4) is 0 Å². The van der Waals surface area contributed by atoms with Crippen LogP contribution in [-0.4, -0.2) is 24.1 Å². The van der Waals surface area contributed by atoms with E-state index in [4.69, 9.17) is 15.0 Å². The van der Waals surface area contributed by atoms with Crippen molar-refractivity contribution in [2.24, 2.45) is 0 Å². The van der Waals surface area contributed by atoms with Crippen LogP contribution in [0.15, 0.2) is 212 Å². The van der Waals surface area contributed by atoms with Crippen molar-refractivity contribution in [1.29, 1.82) is 0 Å². The van der Waals surface area contributed by atoms with Crippen LogP contribution in [0.1, 0.15) is 25.0 Å². The molecule has 3 heterocycles. The van der Waals surface area contributed by atoms with E-state index in [0.29, 0.717) is 17.6 Å². The summed E-state index contributed by atoms with van der Waals surface area (Å²) in [6, 6.07) is 76.0. The first-order valence-electron chi connectivity index (χ1n) is 22.3. The summed E-state index contributed by atoms with van der Waals surface area (Å²) < 4.78 is 4.70. The Labute approximate surface area is 376 Å². The smallest absolute Gasteiger partial charge is 0.238 e. The fourth-order valence-electron chi connectivity index (χ4n) is 10.4. The number of rotatable bonds is 6. The third-order valence-corrected chi connectivity index (χ3v) is 13.6. The lowest BCUT2D eigenvalue weighted by Crippen LogP contribution is -2.15. The van der Waals surface area contributed by atoms with Gasteiger partial charge in [0.2, 0.25) is 5.95 Å². The van der Waals surface area contributed by atoms with Crippen LogP contribution in [-0.2, 0) is 5.41 Å². The van der Waals surface area contributed by atoms with E-state index in [-0.39, 0.29) is 5.41 Å². The van der Waals surface area contributed by atoms with Crippen molar-refractivity contribution < 1.29 is 0 Å².